The zero-order valence-electron chi connectivity index (χ0n) is 12.1. The molecule has 1 aromatic heterocycles. The summed E-state index contributed by atoms with van der Waals surface area (Å²) in [5.41, 5.74) is 1.81. The lowest BCUT2D eigenvalue weighted by molar-refractivity contribution is -0.146. The van der Waals surface area contributed by atoms with E-state index in [1.54, 1.807) is 6.20 Å². The summed E-state index contributed by atoms with van der Waals surface area (Å²) in [7, 11) is 0. The largest absolute Gasteiger partial charge is 0.465 e. The van der Waals surface area contributed by atoms with Crippen LogP contribution in [0.1, 0.15) is 32.4 Å². The quantitative estimate of drug-likeness (QED) is 0.785. The highest BCUT2D eigenvalue weighted by atomic mass is 16.5. The smallest absolute Gasteiger partial charge is 0.315 e. The fourth-order valence-corrected chi connectivity index (χ4v) is 2.30. The lowest BCUT2D eigenvalue weighted by atomic mass is 9.92. The zero-order valence-corrected chi connectivity index (χ0v) is 12.1. The van der Waals surface area contributed by atoms with E-state index in [0.29, 0.717) is 6.61 Å². The third-order valence-electron chi connectivity index (χ3n) is 3.20. The molecule has 1 unspecified atom stereocenters. The van der Waals surface area contributed by atoms with Gasteiger partial charge in [0.05, 0.1) is 18.0 Å². The first-order valence-electron chi connectivity index (χ1n) is 6.91. The zero-order chi connectivity index (χ0) is 14.5. The maximum Gasteiger partial charge on any atom is 0.315 e. The van der Waals surface area contributed by atoms with E-state index < -0.39 is 0 Å². The van der Waals surface area contributed by atoms with E-state index in [1.165, 1.54) is 0 Å². The molecule has 2 rings (SSSR count). The summed E-state index contributed by atoms with van der Waals surface area (Å²) >= 11 is 0. The Hall–Kier alpha value is -2.10. The molecule has 0 aliphatic heterocycles. The molecule has 0 aliphatic rings. The van der Waals surface area contributed by atoms with Crippen molar-refractivity contribution in [2.24, 2.45) is 5.92 Å². The molecule has 0 saturated heterocycles. The molecule has 0 N–H and O–H groups in total. The summed E-state index contributed by atoms with van der Waals surface area (Å²) < 4.78 is 7.01. The van der Waals surface area contributed by atoms with E-state index in [4.69, 9.17) is 4.74 Å². The van der Waals surface area contributed by atoms with Gasteiger partial charge in [-0.2, -0.15) is 5.10 Å². The summed E-state index contributed by atoms with van der Waals surface area (Å²) in [4.78, 5) is 12.2. The van der Waals surface area contributed by atoms with Gasteiger partial charge in [-0.3, -0.25) is 4.79 Å². The van der Waals surface area contributed by atoms with E-state index in [1.807, 2.05) is 61.9 Å². The second-order valence-corrected chi connectivity index (χ2v) is 4.98. The van der Waals surface area contributed by atoms with E-state index in [9.17, 15) is 4.79 Å². The molecule has 0 saturated carbocycles. The average Bonchev–Trinajstić information content (AvgIpc) is 2.89. The van der Waals surface area contributed by atoms with Crippen molar-refractivity contribution >= 4 is 5.97 Å². The minimum Gasteiger partial charge on any atom is -0.465 e. The Kier molecular flexibility index (Phi) is 4.56. The molecular weight excluding hydrogens is 252 g/mol. The number of hydrogen-bond acceptors (Lipinski definition) is 3. The maximum atomic E-state index is 12.2. The number of rotatable bonds is 5. The Morgan fingerprint density at radius 3 is 2.55 bits per heavy atom. The highest BCUT2D eigenvalue weighted by molar-refractivity contribution is 5.78. The van der Waals surface area contributed by atoms with Crippen LogP contribution >= 0.6 is 0 Å². The van der Waals surface area contributed by atoms with Gasteiger partial charge in [0.15, 0.2) is 0 Å². The molecule has 1 heterocycles. The molecule has 1 atom stereocenters. The predicted octanol–water partition coefficient (Wildman–Crippen LogP) is 3.18. The molecule has 20 heavy (non-hydrogen) atoms. The maximum absolute atomic E-state index is 12.2. The second kappa shape index (κ2) is 6.37. The second-order valence-electron chi connectivity index (χ2n) is 4.98. The van der Waals surface area contributed by atoms with Crippen molar-refractivity contribution in [2.75, 3.05) is 6.61 Å². The van der Waals surface area contributed by atoms with E-state index in [-0.39, 0.29) is 17.8 Å². The molecule has 4 heteroatoms. The van der Waals surface area contributed by atoms with E-state index in [2.05, 4.69) is 5.10 Å². The van der Waals surface area contributed by atoms with Crippen molar-refractivity contribution < 1.29 is 9.53 Å². The van der Waals surface area contributed by atoms with Gasteiger partial charge in [0.1, 0.15) is 5.92 Å². The van der Waals surface area contributed by atoms with Gasteiger partial charge in [0.2, 0.25) is 0 Å². The summed E-state index contributed by atoms with van der Waals surface area (Å²) in [5.74, 6) is -0.356. The molecule has 106 valence electrons. The van der Waals surface area contributed by atoms with Crippen LogP contribution in [0.3, 0.4) is 0 Å². The average molecular weight is 272 g/mol. The summed E-state index contributed by atoms with van der Waals surface area (Å²) in [6.45, 7) is 6.25. The molecule has 2 aromatic rings. The van der Waals surface area contributed by atoms with Gasteiger partial charge in [0, 0.05) is 6.20 Å². The Morgan fingerprint density at radius 2 is 1.95 bits per heavy atom. The lowest BCUT2D eigenvalue weighted by Gasteiger charge is -2.20. The first kappa shape index (κ1) is 14.3. The Bertz CT molecular complexity index is 561. The number of aromatic nitrogens is 2. The van der Waals surface area contributed by atoms with Gasteiger partial charge in [-0.05, 0) is 31.0 Å². The first-order chi connectivity index (χ1) is 9.65. The number of esters is 1. The fourth-order valence-electron chi connectivity index (χ4n) is 2.30. The Balaban J connectivity index is 2.41. The van der Waals surface area contributed by atoms with Crippen LogP contribution in [0.15, 0.2) is 42.6 Å². The minimum absolute atomic E-state index is 0.146. The van der Waals surface area contributed by atoms with Crippen molar-refractivity contribution in [3.05, 3.63) is 48.3 Å². The van der Waals surface area contributed by atoms with Gasteiger partial charge in [-0.25, -0.2) is 4.68 Å². The topological polar surface area (TPSA) is 44.1 Å². The van der Waals surface area contributed by atoms with Gasteiger partial charge in [-0.1, -0.05) is 32.0 Å². The molecule has 0 bridgehead atoms. The summed E-state index contributed by atoms with van der Waals surface area (Å²) in [6, 6.07) is 11.7. The molecule has 1 aromatic carbocycles. The van der Waals surface area contributed by atoms with Gasteiger partial charge >= 0.3 is 5.97 Å². The van der Waals surface area contributed by atoms with Crippen molar-refractivity contribution in [1.29, 1.82) is 0 Å². The Morgan fingerprint density at radius 1 is 1.25 bits per heavy atom. The van der Waals surface area contributed by atoms with Crippen LogP contribution in [0.2, 0.25) is 0 Å². The number of nitrogens with zero attached hydrogens (tertiary/aromatic N) is 2. The number of hydrogen-bond donors (Lipinski definition) is 0. The van der Waals surface area contributed by atoms with Crippen LogP contribution in [0.4, 0.5) is 0 Å². The molecule has 0 fully saturated rings. The molecule has 0 spiro atoms. The molecule has 4 nitrogen and oxygen atoms in total. The number of ether oxygens (including phenoxy) is 1. The standard InChI is InChI=1S/C16H20N2O2/c1-4-20-16(19)15(12(2)3)14-10-11-17-18(14)13-8-6-5-7-9-13/h5-12,15H,4H2,1-3H3. The van der Waals surface area contributed by atoms with Gasteiger partial charge in [0.25, 0.3) is 0 Å². The summed E-state index contributed by atoms with van der Waals surface area (Å²) in [5, 5.41) is 4.34. The van der Waals surface area contributed by atoms with Crippen LogP contribution in [0.25, 0.3) is 5.69 Å². The fraction of sp³-hybridized carbons (Fsp3) is 0.375. The van der Waals surface area contributed by atoms with Crippen LogP contribution in [-0.2, 0) is 9.53 Å². The van der Waals surface area contributed by atoms with Crippen molar-refractivity contribution in [2.45, 2.75) is 26.7 Å². The predicted molar refractivity (Wildman–Crippen MR) is 77.8 cm³/mol. The summed E-state index contributed by atoms with van der Waals surface area (Å²) in [6.07, 6.45) is 1.72. The Labute approximate surface area is 119 Å². The number of carbonyl (C=O) groups is 1. The van der Waals surface area contributed by atoms with Crippen LogP contribution in [0, 0.1) is 5.92 Å². The van der Waals surface area contributed by atoms with Crippen LogP contribution in [0.5, 0.6) is 0 Å². The number of benzene rings is 1. The molecule has 0 aliphatic carbocycles. The SMILES string of the molecule is CCOC(=O)C(c1ccnn1-c1ccccc1)C(C)C. The third kappa shape index (κ3) is 2.90. The van der Waals surface area contributed by atoms with Crippen LogP contribution in [-0.4, -0.2) is 22.4 Å². The lowest BCUT2D eigenvalue weighted by Crippen LogP contribution is -2.23. The normalized spacial score (nSPS) is 12.4. The van der Waals surface area contributed by atoms with Crippen molar-refractivity contribution in [3.8, 4) is 5.69 Å². The van der Waals surface area contributed by atoms with Crippen molar-refractivity contribution in [1.82, 2.24) is 9.78 Å². The van der Waals surface area contributed by atoms with Crippen LogP contribution < -0.4 is 0 Å². The monoisotopic (exact) mass is 272 g/mol. The third-order valence-corrected chi connectivity index (χ3v) is 3.20. The molecule has 0 radical (unpaired) electrons. The molecule has 0 amide bonds. The van der Waals surface area contributed by atoms with Crippen molar-refractivity contribution in [3.63, 3.8) is 0 Å². The van der Waals surface area contributed by atoms with E-state index >= 15 is 0 Å². The van der Waals surface area contributed by atoms with Gasteiger partial charge in [-0.15, -0.1) is 0 Å². The van der Waals surface area contributed by atoms with E-state index in [0.717, 1.165) is 11.4 Å². The first-order valence-corrected chi connectivity index (χ1v) is 6.91. The number of carbonyl (C=O) groups excluding carboxylic acids is 1. The highest BCUT2D eigenvalue weighted by Crippen LogP contribution is 2.27. The highest BCUT2D eigenvalue weighted by Gasteiger charge is 2.29. The number of para-hydroxylation sites is 1. The molecular formula is C16H20N2O2. The minimum atomic E-state index is -0.308. The van der Waals surface area contributed by atoms with Gasteiger partial charge < -0.3 is 4.74 Å².